The van der Waals surface area contributed by atoms with E-state index >= 15 is 0 Å². The Morgan fingerprint density at radius 2 is 2.29 bits per heavy atom. The molecule has 5 heteroatoms. The fourth-order valence-electron chi connectivity index (χ4n) is 2.58. The van der Waals surface area contributed by atoms with Gasteiger partial charge < -0.3 is 20.1 Å². The highest BCUT2D eigenvalue weighted by Gasteiger charge is 2.30. The predicted octanol–water partition coefficient (Wildman–Crippen LogP) is 1.65. The molecule has 1 aromatic rings. The van der Waals surface area contributed by atoms with Crippen LogP contribution in [0.25, 0.3) is 0 Å². The van der Waals surface area contributed by atoms with Gasteiger partial charge in [0.25, 0.3) is 5.91 Å². The number of anilines is 1. The lowest BCUT2D eigenvalue weighted by atomic mass is 10.0. The van der Waals surface area contributed by atoms with Crippen molar-refractivity contribution >= 4 is 11.6 Å². The Kier molecular flexibility index (Phi) is 5.20. The highest BCUT2D eigenvalue weighted by Crippen LogP contribution is 2.20. The molecular formula is C16H24N2O3. The van der Waals surface area contributed by atoms with E-state index in [-0.39, 0.29) is 24.7 Å². The first kappa shape index (κ1) is 15.8. The van der Waals surface area contributed by atoms with Crippen LogP contribution in [0, 0.1) is 6.92 Å². The van der Waals surface area contributed by atoms with Crippen LogP contribution in [-0.2, 0) is 4.74 Å². The van der Waals surface area contributed by atoms with E-state index in [1.165, 1.54) is 0 Å². The van der Waals surface area contributed by atoms with E-state index in [0.717, 1.165) is 17.8 Å². The topological polar surface area (TPSA) is 61.8 Å². The molecule has 1 fully saturated rings. The first-order chi connectivity index (χ1) is 10.1. The lowest BCUT2D eigenvalue weighted by Crippen LogP contribution is -2.52. The van der Waals surface area contributed by atoms with Gasteiger partial charge in [-0.25, -0.2) is 0 Å². The summed E-state index contributed by atoms with van der Waals surface area (Å²) in [6.45, 7) is 7.64. The van der Waals surface area contributed by atoms with Gasteiger partial charge in [0, 0.05) is 24.3 Å². The van der Waals surface area contributed by atoms with Crippen molar-refractivity contribution in [3.05, 3.63) is 29.3 Å². The minimum absolute atomic E-state index is 0.00444. The maximum absolute atomic E-state index is 12.7. The number of benzene rings is 1. The Morgan fingerprint density at radius 3 is 2.90 bits per heavy atom. The standard InChI is InChI=1S/C16H24N2O3/c1-4-17-13-5-6-15(11(2)7-13)16(20)18-8-14(9-19)21-10-12(18)3/h5-7,12,14,17,19H,4,8-10H2,1-3H3. The first-order valence-electron chi connectivity index (χ1n) is 7.44. The molecule has 1 aliphatic heterocycles. The largest absolute Gasteiger partial charge is 0.394 e. The highest BCUT2D eigenvalue weighted by atomic mass is 16.5. The number of carbonyl (C=O) groups is 1. The molecule has 1 saturated heterocycles. The van der Waals surface area contributed by atoms with Gasteiger partial charge in [-0.15, -0.1) is 0 Å². The number of hydrogen-bond donors (Lipinski definition) is 2. The fraction of sp³-hybridized carbons (Fsp3) is 0.562. The summed E-state index contributed by atoms with van der Waals surface area (Å²) in [6, 6.07) is 5.81. The van der Waals surface area contributed by atoms with Gasteiger partial charge in [-0.1, -0.05) is 0 Å². The van der Waals surface area contributed by atoms with E-state index in [9.17, 15) is 9.90 Å². The van der Waals surface area contributed by atoms with Gasteiger partial charge in [0.05, 0.1) is 25.4 Å². The summed E-state index contributed by atoms with van der Waals surface area (Å²) in [7, 11) is 0. The number of aliphatic hydroxyl groups excluding tert-OH is 1. The van der Waals surface area contributed by atoms with Crippen LogP contribution in [0.1, 0.15) is 29.8 Å². The number of aliphatic hydroxyl groups is 1. The Labute approximate surface area is 125 Å². The zero-order chi connectivity index (χ0) is 15.4. The van der Waals surface area contributed by atoms with E-state index in [1.807, 2.05) is 39.0 Å². The third-order valence-electron chi connectivity index (χ3n) is 3.81. The number of nitrogens with one attached hydrogen (secondary N) is 1. The molecule has 0 bridgehead atoms. The van der Waals surface area contributed by atoms with Crippen LogP contribution < -0.4 is 5.32 Å². The number of morpholine rings is 1. The quantitative estimate of drug-likeness (QED) is 0.886. The molecule has 0 radical (unpaired) electrons. The normalized spacial score (nSPS) is 22.2. The van der Waals surface area contributed by atoms with Crippen molar-refractivity contribution in [3.8, 4) is 0 Å². The van der Waals surface area contributed by atoms with Gasteiger partial charge in [0.1, 0.15) is 0 Å². The van der Waals surface area contributed by atoms with Crippen LogP contribution in [0.4, 0.5) is 5.69 Å². The second kappa shape index (κ2) is 6.91. The average Bonchev–Trinajstić information content (AvgIpc) is 2.47. The molecule has 2 N–H and O–H groups in total. The third-order valence-corrected chi connectivity index (χ3v) is 3.81. The van der Waals surface area contributed by atoms with Gasteiger partial charge >= 0.3 is 0 Å². The van der Waals surface area contributed by atoms with Crippen molar-refractivity contribution in [1.82, 2.24) is 4.90 Å². The van der Waals surface area contributed by atoms with Gasteiger partial charge in [0.15, 0.2) is 0 Å². The molecule has 0 saturated carbocycles. The minimum atomic E-state index is -0.286. The molecule has 1 amide bonds. The summed E-state index contributed by atoms with van der Waals surface area (Å²) in [5.74, 6) is 0.00444. The molecule has 21 heavy (non-hydrogen) atoms. The van der Waals surface area contributed by atoms with Crippen molar-refractivity contribution in [2.45, 2.75) is 32.9 Å². The molecule has 2 unspecified atom stereocenters. The van der Waals surface area contributed by atoms with E-state index < -0.39 is 0 Å². The van der Waals surface area contributed by atoms with E-state index in [2.05, 4.69) is 5.32 Å². The molecular weight excluding hydrogens is 268 g/mol. The summed E-state index contributed by atoms with van der Waals surface area (Å²) >= 11 is 0. The molecule has 1 aromatic carbocycles. The second-order valence-corrected chi connectivity index (χ2v) is 5.50. The number of hydrogen-bond acceptors (Lipinski definition) is 4. The molecule has 2 rings (SSSR count). The van der Waals surface area contributed by atoms with Crippen LogP contribution in [0.15, 0.2) is 18.2 Å². The van der Waals surface area contributed by atoms with Crippen molar-refractivity contribution in [2.24, 2.45) is 0 Å². The van der Waals surface area contributed by atoms with E-state index in [1.54, 1.807) is 4.90 Å². The van der Waals surface area contributed by atoms with E-state index in [0.29, 0.717) is 18.7 Å². The molecule has 5 nitrogen and oxygen atoms in total. The summed E-state index contributed by atoms with van der Waals surface area (Å²) in [5.41, 5.74) is 2.69. The minimum Gasteiger partial charge on any atom is -0.394 e. The number of aryl methyl sites for hydroxylation is 1. The molecule has 0 spiro atoms. The molecule has 1 aliphatic rings. The number of ether oxygens (including phenoxy) is 1. The summed E-state index contributed by atoms with van der Waals surface area (Å²) in [4.78, 5) is 14.5. The van der Waals surface area contributed by atoms with Crippen LogP contribution >= 0.6 is 0 Å². The average molecular weight is 292 g/mol. The van der Waals surface area contributed by atoms with Crippen LogP contribution in [0.2, 0.25) is 0 Å². The number of rotatable bonds is 4. The third kappa shape index (κ3) is 3.54. The lowest BCUT2D eigenvalue weighted by molar-refractivity contribution is -0.0667. The van der Waals surface area contributed by atoms with Gasteiger partial charge in [-0.2, -0.15) is 0 Å². The first-order valence-corrected chi connectivity index (χ1v) is 7.44. The molecule has 0 aliphatic carbocycles. The smallest absolute Gasteiger partial charge is 0.254 e. The van der Waals surface area contributed by atoms with Gasteiger partial charge in [-0.05, 0) is 44.5 Å². The lowest BCUT2D eigenvalue weighted by Gasteiger charge is -2.37. The number of amides is 1. The van der Waals surface area contributed by atoms with Crippen LogP contribution in [-0.4, -0.2) is 54.4 Å². The zero-order valence-electron chi connectivity index (χ0n) is 12.9. The second-order valence-electron chi connectivity index (χ2n) is 5.50. The van der Waals surface area contributed by atoms with E-state index in [4.69, 9.17) is 4.74 Å². The molecule has 1 heterocycles. The summed E-state index contributed by atoms with van der Waals surface area (Å²) in [5, 5.41) is 12.5. The number of nitrogens with zero attached hydrogens (tertiary/aromatic N) is 1. The van der Waals surface area contributed by atoms with Crippen molar-refractivity contribution in [2.75, 3.05) is 31.6 Å². The van der Waals surface area contributed by atoms with Crippen LogP contribution in [0.5, 0.6) is 0 Å². The summed E-state index contributed by atoms with van der Waals surface area (Å²) in [6.07, 6.45) is -0.286. The molecule has 116 valence electrons. The molecule has 0 aromatic heterocycles. The Balaban J connectivity index is 2.18. The summed E-state index contributed by atoms with van der Waals surface area (Å²) < 4.78 is 5.48. The SMILES string of the molecule is CCNc1ccc(C(=O)N2CC(CO)OCC2C)c(C)c1. The Bertz CT molecular complexity index is 504. The highest BCUT2D eigenvalue weighted by molar-refractivity contribution is 5.96. The predicted molar refractivity (Wildman–Crippen MR) is 82.7 cm³/mol. The monoisotopic (exact) mass is 292 g/mol. The van der Waals surface area contributed by atoms with Crippen molar-refractivity contribution in [3.63, 3.8) is 0 Å². The zero-order valence-corrected chi connectivity index (χ0v) is 12.9. The molecule has 2 atom stereocenters. The van der Waals surface area contributed by atoms with Crippen molar-refractivity contribution in [1.29, 1.82) is 0 Å². The maximum Gasteiger partial charge on any atom is 0.254 e. The van der Waals surface area contributed by atoms with Crippen LogP contribution in [0.3, 0.4) is 0 Å². The van der Waals surface area contributed by atoms with Gasteiger partial charge in [0.2, 0.25) is 0 Å². The number of carbonyl (C=O) groups excluding carboxylic acids is 1. The fourth-order valence-corrected chi connectivity index (χ4v) is 2.58. The Hall–Kier alpha value is -1.59. The Morgan fingerprint density at radius 1 is 1.52 bits per heavy atom. The van der Waals surface area contributed by atoms with Gasteiger partial charge in [-0.3, -0.25) is 4.79 Å². The van der Waals surface area contributed by atoms with Crippen molar-refractivity contribution < 1.29 is 14.6 Å². The maximum atomic E-state index is 12.7.